The SMILES string of the molecule is CCc1nccc(-c2ccc3c(c2)cc(C(=O)CN2CCc4nn(-c5cc(C)cc(C)c5)c(-n5ccn(-c6ccc(NC)c(C=N)c6)c5=O)c4C2)n3[C@@]2(C(=O)O)C[C@@H]2C)c1C. The first kappa shape index (κ1) is 39.6. The zero-order valence-corrected chi connectivity index (χ0v) is 35.3. The van der Waals surface area contributed by atoms with Crippen LogP contribution in [-0.4, -0.2) is 76.6 Å². The summed E-state index contributed by atoms with van der Waals surface area (Å²) in [6.45, 7) is 11.1. The molecule has 1 fully saturated rings. The molecule has 13 heteroatoms. The van der Waals surface area contributed by atoms with Crippen molar-refractivity contribution >= 4 is 34.6 Å². The van der Waals surface area contributed by atoms with Gasteiger partial charge in [-0.2, -0.15) is 5.10 Å². The molecule has 0 spiro atoms. The summed E-state index contributed by atoms with van der Waals surface area (Å²) < 4.78 is 6.79. The Labute approximate surface area is 353 Å². The molecule has 4 aromatic heterocycles. The maximum Gasteiger partial charge on any atom is 0.338 e. The quantitative estimate of drug-likeness (QED) is 0.0851. The Bertz CT molecular complexity index is 2980. The third-order valence-electron chi connectivity index (χ3n) is 12.7. The second-order valence-corrected chi connectivity index (χ2v) is 16.6. The van der Waals surface area contributed by atoms with Gasteiger partial charge in [0.15, 0.2) is 5.78 Å². The summed E-state index contributed by atoms with van der Waals surface area (Å²) in [5.74, 6) is -0.673. The highest BCUT2D eigenvalue weighted by Gasteiger charge is 2.61. The summed E-state index contributed by atoms with van der Waals surface area (Å²) in [5.41, 5.74) is 10.4. The average Bonchev–Trinajstić information content (AvgIpc) is 3.50. The molecule has 3 N–H and O–H groups in total. The van der Waals surface area contributed by atoms with Crippen LogP contribution in [0.15, 0.2) is 90.1 Å². The Morgan fingerprint density at radius 2 is 1.74 bits per heavy atom. The molecule has 1 aliphatic heterocycles. The maximum absolute atomic E-state index is 14.7. The van der Waals surface area contributed by atoms with Crippen molar-refractivity contribution in [1.82, 2.24) is 33.4 Å². The van der Waals surface area contributed by atoms with Gasteiger partial charge in [0, 0.05) is 84.8 Å². The van der Waals surface area contributed by atoms with Crippen molar-refractivity contribution in [1.29, 1.82) is 5.41 Å². The van der Waals surface area contributed by atoms with Gasteiger partial charge in [-0.3, -0.25) is 23.8 Å². The predicted molar refractivity (Wildman–Crippen MR) is 237 cm³/mol. The number of aryl methyl sites for hydroxylation is 3. The molecule has 3 aromatic carbocycles. The van der Waals surface area contributed by atoms with E-state index in [-0.39, 0.29) is 23.9 Å². The van der Waals surface area contributed by atoms with Gasteiger partial charge in [0.05, 0.1) is 29.3 Å². The van der Waals surface area contributed by atoms with Gasteiger partial charge in [-0.15, -0.1) is 0 Å². The number of imidazole rings is 1. The lowest BCUT2D eigenvalue weighted by atomic mass is 9.98. The van der Waals surface area contributed by atoms with Gasteiger partial charge >= 0.3 is 11.7 Å². The number of hydrogen-bond donors (Lipinski definition) is 3. The van der Waals surface area contributed by atoms with Crippen LogP contribution in [0.25, 0.3) is 39.2 Å². The molecule has 9 rings (SSSR count). The minimum absolute atomic E-state index is 0.0460. The lowest BCUT2D eigenvalue weighted by Gasteiger charge is -2.27. The van der Waals surface area contributed by atoms with E-state index in [1.54, 1.807) is 39.2 Å². The number of carbonyl (C=O) groups is 2. The Hall–Kier alpha value is -6.86. The van der Waals surface area contributed by atoms with E-state index in [2.05, 4.69) is 41.2 Å². The fourth-order valence-electron chi connectivity index (χ4n) is 9.50. The number of aromatic nitrogens is 6. The molecule has 61 heavy (non-hydrogen) atoms. The lowest BCUT2D eigenvalue weighted by molar-refractivity contribution is -0.142. The molecule has 0 saturated heterocycles. The summed E-state index contributed by atoms with van der Waals surface area (Å²) in [6.07, 6.45) is 8.33. The van der Waals surface area contributed by atoms with E-state index >= 15 is 0 Å². The molecule has 0 radical (unpaired) electrons. The number of hydrogen-bond acceptors (Lipinski definition) is 8. The summed E-state index contributed by atoms with van der Waals surface area (Å²) >= 11 is 0. The second kappa shape index (κ2) is 15.0. The molecule has 1 saturated carbocycles. The summed E-state index contributed by atoms with van der Waals surface area (Å²) in [4.78, 5) is 48.8. The molecular formula is C48H49N9O4. The summed E-state index contributed by atoms with van der Waals surface area (Å²) in [6, 6.07) is 21.6. The van der Waals surface area contributed by atoms with Crippen molar-refractivity contribution in [2.75, 3.05) is 25.5 Å². The van der Waals surface area contributed by atoms with Crippen LogP contribution in [-0.2, 0) is 29.7 Å². The number of carboxylic acids is 1. The Morgan fingerprint density at radius 3 is 2.43 bits per heavy atom. The number of anilines is 1. The van der Waals surface area contributed by atoms with Gasteiger partial charge in [0.2, 0.25) is 0 Å². The smallest absolute Gasteiger partial charge is 0.338 e. The first-order valence-electron chi connectivity index (χ1n) is 20.8. The number of carboxylic acid groups (broad SMARTS) is 1. The Morgan fingerprint density at radius 1 is 0.984 bits per heavy atom. The standard InChI is InChI=1S/C48H49N9O4/c1-7-39-31(5)37(12-14-51-39)32-8-11-42-33(21-32)23-43(56(42)48(46(59)60)24-30(48)4)44(58)27-53-15-13-41-38(26-53)45(57(52-41)36-19-28(2)18-29(3)20-36)55-17-16-54(47(55)61)35-9-10-40(50-6)34(22-35)25-49/h8-12,14,16-23,25,30,49-50H,7,13,15,24,26-27H2,1-6H3,(H,59,60)/t30-,48-/m0/s1. The minimum atomic E-state index is -1.22. The van der Waals surface area contributed by atoms with Crippen LogP contribution in [0.4, 0.5) is 5.69 Å². The number of fused-ring (bicyclic) bond motifs is 2. The number of aliphatic carboxylic acids is 1. The van der Waals surface area contributed by atoms with E-state index in [0.717, 1.165) is 73.5 Å². The normalized spacial score (nSPS) is 17.4. The lowest BCUT2D eigenvalue weighted by Crippen LogP contribution is -2.38. The zero-order valence-electron chi connectivity index (χ0n) is 35.3. The predicted octanol–water partition coefficient (Wildman–Crippen LogP) is 7.42. The van der Waals surface area contributed by atoms with Gasteiger partial charge in [-0.1, -0.05) is 26.0 Å². The number of pyridine rings is 1. The third kappa shape index (κ3) is 6.51. The van der Waals surface area contributed by atoms with E-state index < -0.39 is 11.5 Å². The van der Waals surface area contributed by atoms with Crippen LogP contribution in [0.2, 0.25) is 0 Å². The molecule has 5 heterocycles. The van der Waals surface area contributed by atoms with Gasteiger partial charge < -0.3 is 20.4 Å². The van der Waals surface area contributed by atoms with Crippen LogP contribution in [0.3, 0.4) is 0 Å². The summed E-state index contributed by atoms with van der Waals surface area (Å²) in [5, 5.41) is 27.6. The van der Waals surface area contributed by atoms with Crippen molar-refractivity contribution in [2.45, 2.75) is 66.0 Å². The monoisotopic (exact) mass is 815 g/mol. The second-order valence-electron chi connectivity index (χ2n) is 16.6. The number of ketones is 1. The Kier molecular flexibility index (Phi) is 9.74. The molecule has 0 amide bonds. The van der Waals surface area contributed by atoms with Gasteiger partial charge in [0.1, 0.15) is 11.4 Å². The summed E-state index contributed by atoms with van der Waals surface area (Å²) in [7, 11) is 1.79. The van der Waals surface area contributed by atoms with E-state index in [0.29, 0.717) is 48.7 Å². The van der Waals surface area contributed by atoms with Crippen molar-refractivity contribution in [3.8, 4) is 28.3 Å². The van der Waals surface area contributed by atoms with Crippen molar-refractivity contribution in [2.24, 2.45) is 5.92 Å². The van der Waals surface area contributed by atoms with Crippen LogP contribution < -0.4 is 11.0 Å². The van der Waals surface area contributed by atoms with Crippen LogP contribution in [0.5, 0.6) is 0 Å². The fraction of sp³-hybridized carbons (Fsp3) is 0.292. The van der Waals surface area contributed by atoms with Crippen molar-refractivity contribution in [3.63, 3.8) is 0 Å². The topological polar surface area (TPSA) is 156 Å². The first-order valence-corrected chi connectivity index (χ1v) is 20.8. The largest absolute Gasteiger partial charge is 0.479 e. The van der Waals surface area contributed by atoms with Crippen LogP contribution in [0.1, 0.15) is 70.0 Å². The molecule has 0 bridgehead atoms. The number of Topliss-reactive ketones (excluding diaryl/α,β-unsaturated/α-hetero) is 1. The number of benzene rings is 3. The molecule has 2 atom stereocenters. The molecule has 0 unspecified atom stereocenters. The third-order valence-corrected chi connectivity index (χ3v) is 12.7. The number of nitrogens with zero attached hydrogens (tertiary/aromatic N) is 7. The molecule has 1 aliphatic carbocycles. The number of rotatable bonds is 12. The van der Waals surface area contributed by atoms with Gasteiger partial charge in [0.25, 0.3) is 0 Å². The fourth-order valence-corrected chi connectivity index (χ4v) is 9.50. The van der Waals surface area contributed by atoms with Crippen molar-refractivity contribution in [3.05, 3.63) is 141 Å². The molecule has 7 aromatic rings. The Balaban J connectivity index is 1.11. The molecule has 13 nitrogen and oxygen atoms in total. The van der Waals surface area contributed by atoms with Gasteiger partial charge in [-0.25, -0.2) is 14.3 Å². The average molecular weight is 816 g/mol. The highest BCUT2D eigenvalue weighted by Crippen LogP contribution is 2.53. The maximum atomic E-state index is 14.7. The first-order chi connectivity index (χ1) is 29.4. The van der Waals surface area contributed by atoms with Crippen LogP contribution in [0, 0.1) is 32.1 Å². The van der Waals surface area contributed by atoms with Gasteiger partial charge in [-0.05, 0) is 122 Å². The van der Waals surface area contributed by atoms with Crippen molar-refractivity contribution < 1.29 is 14.7 Å². The van der Waals surface area contributed by atoms with Crippen LogP contribution >= 0.6 is 0 Å². The minimum Gasteiger partial charge on any atom is -0.479 e. The highest BCUT2D eigenvalue weighted by molar-refractivity contribution is 6.03. The molecular weight excluding hydrogens is 767 g/mol. The molecule has 310 valence electrons. The molecule has 2 aliphatic rings. The number of carbonyl (C=O) groups excluding carboxylic acids is 1. The zero-order chi connectivity index (χ0) is 42.9. The van der Waals surface area contributed by atoms with E-state index in [4.69, 9.17) is 10.5 Å². The van der Waals surface area contributed by atoms with E-state index in [9.17, 15) is 19.5 Å². The van der Waals surface area contributed by atoms with E-state index in [1.807, 2.05) is 80.2 Å². The number of nitrogens with one attached hydrogen (secondary N) is 2. The van der Waals surface area contributed by atoms with E-state index in [1.165, 1.54) is 6.21 Å². The highest BCUT2D eigenvalue weighted by atomic mass is 16.4.